The molecule has 1 N–H and O–H groups in total. The molecule has 0 amide bonds. The molecule has 0 unspecified atom stereocenters. The second kappa shape index (κ2) is 5.66. The third-order valence-electron chi connectivity index (χ3n) is 3.74. The number of hydrogen-bond acceptors (Lipinski definition) is 3. The largest absolute Gasteiger partial charge is 0.310 e. The number of alkyl halides is 2. The summed E-state index contributed by atoms with van der Waals surface area (Å²) < 4.78 is 28.2. The van der Waals surface area contributed by atoms with E-state index in [1.807, 2.05) is 0 Å². The summed E-state index contributed by atoms with van der Waals surface area (Å²) in [6.45, 7) is 0.710. The SMILES string of the molecule is FC1(F)CCC(NCc2ccc3sc(Br)nc3c2)CC1. The van der Waals surface area contributed by atoms with Crippen molar-refractivity contribution in [1.82, 2.24) is 10.3 Å². The Bertz CT molecular complexity index is 604. The van der Waals surface area contributed by atoms with Crippen molar-refractivity contribution in [3.63, 3.8) is 0 Å². The van der Waals surface area contributed by atoms with Crippen molar-refractivity contribution in [2.75, 3.05) is 0 Å². The van der Waals surface area contributed by atoms with Gasteiger partial charge in [0.25, 0.3) is 0 Å². The van der Waals surface area contributed by atoms with E-state index < -0.39 is 5.92 Å². The number of nitrogens with zero attached hydrogens (tertiary/aromatic N) is 1. The minimum atomic E-state index is -2.45. The van der Waals surface area contributed by atoms with E-state index in [4.69, 9.17) is 0 Å². The maximum atomic E-state index is 13.1. The third kappa shape index (κ3) is 3.35. The van der Waals surface area contributed by atoms with Crippen molar-refractivity contribution in [3.8, 4) is 0 Å². The molecule has 3 rings (SSSR count). The Kier molecular flexibility index (Phi) is 4.06. The number of thiazole rings is 1. The molecule has 0 bridgehead atoms. The van der Waals surface area contributed by atoms with Crippen LogP contribution in [-0.2, 0) is 6.54 Å². The molecule has 1 saturated carbocycles. The van der Waals surface area contributed by atoms with Gasteiger partial charge in [0, 0.05) is 25.4 Å². The van der Waals surface area contributed by atoms with Gasteiger partial charge in [-0.2, -0.15) is 0 Å². The molecule has 2 aromatic rings. The van der Waals surface area contributed by atoms with E-state index in [1.165, 1.54) is 0 Å². The Hall–Kier alpha value is -0.590. The molecular weight excluding hydrogens is 346 g/mol. The highest BCUT2D eigenvalue weighted by molar-refractivity contribution is 9.11. The number of benzene rings is 1. The molecule has 1 heterocycles. The number of fused-ring (bicyclic) bond motifs is 1. The van der Waals surface area contributed by atoms with E-state index in [0.29, 0.717) is 19.4 Å². The van der Waals surface area contributed by atoms with Gasteiger partial charge in [-0.3, -0.25) is 0 Å². The average Bonchev–Trinajstić information content (AvgIpc) is 2.77. The Labute approximate surface area is 128 Å². The van der Waals surface area contributed by atoms with Crippen LogP contribution < -0.4 is 5.32 Å². The fourth-order valence-electron chi connectivity index (χ4n) is 2.56. The summed E-state index contributed by atoms with van der Waals surface area (Å²) in [4.78, 5) is 4.40. The lowest BCUT2D eigenvalue weighted by molar-refractivity contribution is -0.0405. The van der Waals surface area contributed by atoms with Gasteiger partial charge in [-0.15, -0.1) is 11.3 Å². The highest BCUT2D eigenvalue weighted by atomic mass is 79.9. The zero-order chi connectivity index (χ0) is 14.2. The summed E-state index contributed by atoms with van der Waals surface area (Å²) in [7, 11) is 0. The monoisotopic (exact) mass is 360 g/mol. The number of hydrogen-bond donors (Lipinski definition) is 1. The molecule has 2 nitrogen and oxygen atoms in total. The van der Waals surface area contributed by atoms with Crippen molar-refractivity contribution in [2.24, 2.45) is 0 Å². The Morgan fingerprint density at radius 1 is 1.35 bits per heavy atom. The number of aromatic nitrogens is 1. The van der Waals surface area contributed by atoms with Crippen molar-refractivity contribution in [1.29, 1.82) is 0 Å². The predicted molar refractivity (Wildman–Crippen MR) is 81.4 cm³/mol. The summed E-state index contributed by atoms with van der Waals surface area (Å²) >= 11 is 4.99. The third-order valence-corrected chi connectivity index (χ3v) is 5.23. The molecule has 108 valence electrons. The number of halogens is 3. The second-order valence-corrected chi connectivity index (χ2v) is 7.59. The highest BCUT2D eigenvalue weighted by Gasteiger charge is 2.34. The van der Waals surface area contributed by atoms with Crippen molar-refractivity contribution < 1.29 is 8.78 Å². The molecular formula is C14H15BrF2N2S. The summed E-state index contributed by atoms with van der Waals surface area (Å²) in [6.07, 6.45) is 1.11. The first-order valence-electron chi connectivity index (χ1n) is 6.68. The van der Waals surface area contributed by atoms with E-state index in [1.54, 1.807) is 11.3 Å². The first kappa shape index (κ1) is 14.4. The van der Waals surface area contributed by atoms with Crippen LogP contribution in [0.4, 0.5) is 8.78 Å². The summed E-state index contributed by atoms with van der Waals surface area (Å²) in [5.41, 5.74) is 2.13. The molecule has 20 heavy (non-hydrogen) atoms. The van der Waals surface area contributed by atoms with E-state index >= 15 is 0 Å². The minimum Gasteiger partial charge on any atom is -0.310 e. The standard InChI is InChI=1S/C14H15BrF2N2S/c15-13-19-11-7-9(1-2-12(11)20-13)8-18-10-3-5-14(16,17)6-4-10/h1-2,7,10,18H,3-6,8H2. The van der Waals surface area contributed by atoms with Crippen molar-refractivity contribution >= 4 is 37.5 Å². The lowest BCUT2D eigenvalue weighted by Crippen LogP contribution is -2.36. The fraction of sp³-hybridized carbons (Fsp3) is 0.500. The lowest BCUT2D eigenvalue weighted by atomic mass is 9.92. The van der Waals surface area contributed by atoms with Gasteiger partial charge < -0.3 is 5.32 Å². The number of rotatable bonds is 3. The smallest absolute Gasteiger partial charge is 0.248 e. The van der Waals surface area contributed by atoms with Gasteiger partial charge in [0.15, 0.2) is 3.92 Å². The van der Waals surface area contributed by atoms with Gasteiger partial charge in [-0.25, -0.2) is 13.8 Å². The average molecular weight is 361 g/mol. The zero-order valence-electron chi connectivity index (χ0n) is 10.8. The molecule has 0 saturated heterocycles. The van der Waals surface area contributed by atoms with Crippen LogP contribution in [0.2, 0.25) is 0 Å². The molecule has 1 aliphatic carbocycles. The molecule has 6 heteroatoms. The van der Waals surface area contributed by atoms with Crippen molar-refractivity contribution in [3.05, 3.63) is 27.7 Å². The van der Waals surface area contributed by atoms with Crippen molar-refractivity contribution in [2.45, 2.75) is 44.2 Å². The van der Waals surface area contributed by atoms with Crippen LogP contribution in [-0.4, -0.2) is 16.9 Å². The van der Waals surface area contributed by atoms with E-state index in [-0.39, 0.29) is 18.9 Å². The van der Waals surface area contributed by atoms with Crippen LogP contribution in [0.1, 0.15) is 31.2 Å². The molecule has 0 spiro atoms. The van der Waals surface area contributed by atoms with Gasteiger partial charge in [0.2, 0.25) is 5.92 Å². The van der Waals surface area contributed by atoms with Crippen LogP contribution in [0.15, 0.2) is 22.1 Å². The summed E-state index contributed by atoms with van der Waals surface area (Å²) in [5, 5.41) is 3.38. The van der Waals surface area contributed by atoms with Crippen LogP contribution >= 0.6 is 27.3 Å². The van der Waals surface area contributed by atoms with Gasteiger partial charge in [-0.1, -0.05) is 6.07 Å². The Balaban J connectivity index is 1.60. The molecule has 1 aromatic carbocycles. The molecule has 1 fully saturated rings. The van der Waals surface area contributed by atoms with Gasteiger partial charge in [-0.05, 0) is 46.5 Å². The first-order valence-corrected chi connectivity index (χ1v) is 8.29. The normalized spacial score (nSPS) is 19.6. The van der Waals surface area contributed by atoms with Gasteiger partial charge >= 0.3 is 0 Å². The molecule has 0 radical (unpaired) electrons. The van der Waals surface area contributed by atoms with Crippen LogP contribution in [0.25, 0.3) is 10.2 Å². The quantitative estimate of drug-likeness (QED) is 0.855. The zero-order valence-corrected chi connectivity index (χ0v) is 13.2. The minimum absolute atomic E-state index is 0.00271. The summed E-state index contributed by atoms with van der Waals surface area (Å²) in [5.74, 6) is -2.45. The molecule has 1 aromatic heterocycles. The molecule has 0 aliphatic heterocycles. The highest BCUT2D eigenvalue weighted by Crippen LogP contribution is 2.33. The Morgan fingerprint density at radius 2 is 2.10 bits per heavy atom. The second-order valence-electron chi connectivity index (χ2n) is 5.28. The molecule has 0 atom stereocenters. The van der Waals surface area contributed by atoms with E-state index in [0.717, 1.165) is 19.7 Å². The fourth-order valence-corrected chi connectivity index (χ4v) is 3.95. The maximum absolute atomic E-state index is 13.1. The van der Waals surface area contributed by atoms with Crippen LogP contribution in [0.5, 0.6) is 0 Å². The topological polar surface area (TPSA) is 24.9 Å². The number of nitrogens with one attached hydrogen (secondary N) is 1. The van der Waals surface area contributed by atoms with Crippen LogP contribution in [0, 0.1) is 0 Å². The lowest BCUT2D eigenvalue weighted by Gasteiger charge is -2.28. The summed E-state index contributed by atoms with van der Waals surface area (Å²) in [6, 6.07) is 6.38. The van der Waals surface area contributed by atoms with E-state index in [9.17, 15) is 8.78 Å². The van der Waals surface area contributed by atoms with Gasteiger partial charge in [0.05, 0.1) is 10.2 Å². The molecule has 1 aliphatic rings. The first-order chi connectivity index (χ1) is 9.52. The predicted octanol–water partition coefficient (Wildman–Crippen LogP) is 4.73. The van der Waals surface area contributed by atoms with Gasteiger partial charge in [0.1, 0.15) is 0 Å². The van der Waals surface area contributed by atoms with E-state index in [2.05, 4.69) is 44.4 Å². The van der Waals surface area contributed by atoms with Crippen LogP contribution in [0.3, 0.4) is 0 Å². The Morgan fingerprint density at radius 3 is 2.85 bits per heavy atom. The maximum Gasteiger partial charge on any atom is 0.248 e.